The van der Waals surface area contributed by atoms with Gasteiger partial charge in [0.2, 0.25) is 5.91 Å². The molecule has 3 aromatic heterocycles. The lowest BCUT2D eigenvalue weighted by Crippen LogP contribution is -2.19. The molecule has 0 saturated carbocycles. The minimum Gasteiger partial charge on any atom is -0.471 e. The predicted molar refractivity (Wildman–Crippen MR) is 119 cm³/mol. The summed E-state index contributed by atoms with van der Waals surface area (Å²) in [4.78, 5) is 16.8. The molecule has 0 aliphatic carbocycles. The highest BCUT2D eigenvalue weighted by molar-refractivity contribution is 5.91. The number of amides is 1. The van der Waals surface area contributed by atoms with Gasteiger partial charge < -0.3 is 10.1 Å². The van der Waals surface area contributed by atoms with Crippen LogP contribution in [-0.4, -0.2) is 30.5 Å². The van der Waals surface area contributed by atoms with Crippen molar-refractivity contribution in [2.45, 2.75) is 47.1 Å². The molecule has 0 bridgehead atoms. The zero-order chi connectivity index (χ0) is 24.6. The third kappa shape index (κ3) is 4.87. The maximum Gasteiger partial charge on any atom is 0.417 e. The Morgan fingerprint density at radius 2 is 1.91 bits per heavy atom. The van der Waals surface area contributed by atoms with Crippen LogP contribution < -0.4 is 10.1 Å². The number of halogens is 3. The van der Waals surface area contributed by atoms with Gasteiger partial charge in [-0.1, -0.05) is 17.7 Å². The number of ether oxygens (including phenoxy) is 1. The van der Waals surface area contributed by atoms with Gasteiger partial charge in [-0.05, 0) is 45.4 Å². The maximum atomic E-state index is 13.5. The molecule has 0 atom stereocenters. The van der Waals surface area contributed by atoms with Crippen LogP contribution in [0.3, 0.4) is 0 Å². The number of hydrogen-bond acceptors (Lipinski definition) is 5. The Hall–Kier alpha value is -3.89. The summed E-state index contributed by atoms with van der Waals surface area (Å²) in [6, 6.07) is 6.83. The summed E-state index contributed by atoms with van der Waals surface area (Å²) in [5.41, 5.74) is 2.09. The fourth-order valence-electron chi connectivity index (χ4n) is 3.74. The van der Waals surface area contributed by atoms with E-state index in [4.69, 9.17) is 4.74 Å². The van der Waals surface area contributed by atoms with E-state index in [1.165, 1.54) is 29.4 Å². The number of nitrogens with zero attached hydrogens (tertiary/aromatic N) is 5. The second-order valence-electron chi connectivity index (χ2n) is 8.11. The number of alkyl halides is 3. The number of nitrogens with one attached hydrogen (secondary N) is 1. The number of carbonyl (C=O) groups is 1. The zero-order valence-corrected chi connectivity index (χ0v) is 19.1. The average Bonchev–Trinajstić information content (AvgIpc) is 3.30. The number of aromatic nitrogens is 5. The van der Waals surface area contributed by atoms with E-state index in [2.05, 4.69) is 20.5 Å². The normalized spacial score (nSPS) is 11.7. The number of benzene rings is 1. The third-order valence-corrected chi connectivity index (χ3v) is 5.20. The van der Waals surface area contributed by atoms with Crippen LogP contribution in [0.15, 0.2) is 36.7 Å². The van der Waals surface area contributed by atoms with E-state index in [0.29, 0.717) is 5.69 Å². The number of carbonyl (C=O) groups excluding carboxylic acids is 1. The van der Waals surface area contributed by atoms with Crippen LogP contribution in [-0.2, 0) is 24.2 Å². The first-order valence-electron chi connectivity index (χ1n) is 10.5. The Balaban J connectivity index is 1.45. The summed E-state index contributed by atoms with van der Waals surface area (Å²) < 4.78 is 48.9. The highest BCUT2D eigenvalue weighted by atomic mass is 19.4. The number of pyridine rings is 1. The Morgan fingerprint density at radius 1 is 1.15 bits per heavy atom. The van der Waals surface area contributed by atoms with Crippen molar-refractivity contribution in [1.29, 1.82) is 0 Å². The summed E-state index contributed by atoms with van der Waals surface area (Å²) in [5, 5.41) is 10.8. The Bertz CT molecular complexity index is 1370. The van der Waals surface area contributed by atoms with Gasteiger partial charge in [-0.25, -0.2) is 14.3 Å². The SMILES string of the molecule is Cc1ccc(OCn2cc(NC(=O)Cn3nc(C)c4c(C(F)(F)F)cc(C)nc43)cn2)c(C)c1. The molecular weight excluding hydrogens is 449 g/mol. The van der Waals surface area contributed by atoms with Crippen molar-refractivity contribution in [3.8, 4) is 5.75 Å². The monoisotopic (exact) mass is 472 g/mol. The number of hydrogen-bond donors (Lipinski definition) is 1. The van der Waals surface area contributed by atoms with Crippen LogP contribution in [0, 0.1) is 27.7 Å². The lowest BCUT2D eigenvalue weighted by molar-refractivity contribution is -0.136. The summed E-state index contributed by atoms with van der Waals surface area (Å²) in [6.07, 6.45) is -1.50. The van der Waals surface area contributed by atoms with E-state index in [9.17, 15) is 18.0 Å². The molecule has 4 aromatic rings. The highest BCUT2D eigenvalue weighted by Gasteiger charge is 2.35. The van der Waals surface area contributed by atoms with Crippen molar-refractivity contribution in [2.75, 3.05) is 5.32 Å². The number of rotatable bonds is 6. The van der Waals surface area contributed by atoms with Crippen molar-refractivity contribution >= 4 is 22.6 Å². The molecule has 1 N–H and O–H groups in total. The van der Waals surface area contributed by atoms with Gasteiger partial charge in [0.15, 0.2) is 12.4 Å². The van der Waals surface area contributed by atoms with E-state index in [-0.39, 0.29) is 35.7 Å². The second kappa shape index (κ2) is 8.81. The minimum absolute atomic E-state index is 0.0116. The molecule has 1 amide bonds. The minimum atomic E-state index is -4.55. The van der Waals surface area contributed by atoms with Gasteiger partial charge >= 0.3 is 6.18 Å². The van der Waals surface area contributed by atoms with Crippen LogP contribution in [0.25, 0.3) is 11.0 Å². The fourth-order valence-corrected chi connectivity index (χ4v) is 3.74. The first-order valence-corrected chi connectivity index (χ1v) is 10.5. The van der Waals surface area contributed by atoms with E-state index in [0.717, 1.165) is 22.9 Å². The zero-order valence-electron chi connectivity index (χ0n) is 19.1. The first-order chi connectivity index (χ1) is 16.0. The van der Waals surface area contributed by atoms with E-state index in [1.807, 2.05) is 32.0 Å². The van der Waals surface area contributed by atoms with Crippen molar-refractivity contribution in [3.63, 3.8) is 0 Å². The van der Waals surface area contributed by atoms with Gasteiger partial charge in [-0.3, -0.25) is 4.79 Å². The largest absolute Gasteiger partial charge is 0.471 e. The average molecular weight is 472 g/mol. The van der Waals surface area contributed by atoms with E-state index < -0.39 is 17.6 Å². The molecule has 178 valence electrons. The summed E-state index contributed by atoms with van der Waals surface area (Å²) in [5.74, 6) is 0.254. The molecule has 0 radical (unpaired) electrons. The molecule has 0 saturated heterocycles. The van der Waals surface area contributed by atoms with E-state index >= 15 is 0 Å². The van der Waals surface area contributed by atoms with Gasteiger partial charge in [0.25, 0.3) is 0 Å². The topological polar surface area (TPSA) is 86.9 Å². The molecule has 0 unspecified atom stereocenters. The molecule has 0 aliphatic heterocycles. The second-order valence-corrected chi connectivity index (χ2v) is 8.11. The molecule has 0 aliphatic rings. The van der Waals surface area contributed by atoms with Gasteiger partial charge in [0.1, 0.15) is 12.3 Å². The Kier molecular flexibility index (Phi) is 6.03. The van der Waals surface area contributed by atoms with Crippen LogP contribution in [0.5, 0.6) is 5.75 Å². The summed E-state index contributed by atoms with van der Waals surface area (Å²) in [7, 11) is 0. The van der Waals surface area contributed by atoms with Gasteiger partial charge in [-0.15, -0.1) is 0 Å². The van der Waals surface area contributed by atoms with Crippen molar-refractivity contribution in [1.82, 2.24) is 24.5 Å². The molecule has 1 aromatic carbocycles. The van der Waals surface area contributed by atoms with Gasteiger partial charge in [-0.2, -0.15) is 23.4 Å². The fraction of sp³-hybridized carbons (Fsp3) is 0.304. The summed E-state index contributed by atoms with van der Waals surface area (Å²) >= 11 is 0. The van der Waals surface area contributed by atoms with Crippen LogP contribution in [0.1, 0.15) is 28.1 Å². The molecule has 0 spiro atoms. The van der Waals surface area contributed by atoms with Gasteiger partial charge in [0.05, 0.1) is 34.7 Å². The first kappa shape index (κ1) is 23.3. The lowest BCUT2D eigenvalue weighted by Gasteiger charge is -2.10. The molecule has 34 heavy (non-hydrogen) atoms. The van der Waals surface area contributed by atoms with Crippen LogP contribution in [0.2, 0.25) is 0 Å². The lowest BCUT2D eigenvalue weighted by atomic mass is 10.1. The quantitative estimate of drug-likeness (QED) is 0.445. The van der Waals surface area contributed by atoms with Crippen molar-refractivity contribution in [2.24, 2.45) is 0 Å². The van der Waals surface area contributed by atoms with Crippen molar-refractivity contribution < 1.29 is 22.7 Å². The molecule has 3 heterocycles. The smallest absolute Gasteiger partial charge is 0.417 e. The molecule has 4 rings (SSSR count). The van der Waals surface area contributed by atoms with Crippen molar-refractivity contribution in [3.05, 3.63) is 64.7 Å². The molecule has 8 nitrogen and oxygen atoms in total. The maximum absolute atomic E-state index is 13.5. The van der Waals surface area contributed by atoms with Crippen LogP contribution >= 0.6 is 0 Å². The standard InChI is InChI=1S/C23H23F3N6O2/c1-13-5-6-19(14(2)7-13)34-12-31-10-17(9-27-31)29-20(33)11-32-22-21(16(4)30-32)18(23(24,25)26)8-15(3)28-22/h5-10H,11-12H2,1-4H3,(H,29,33). The molecule has 11 heteroatoms. The number of aryl methyl sites for hydroxylation is 4. The summed E-state index contributed by atoms with van der Waals surface area (Å²) in [6.45, 7) is 6.72. The number of anilines is 1. The Labute approximate surface area is 193 Å². The van der Waals surface area contributed by atoms with Gasteiger partial charge in [0, 0.05) is 5.69 Å². The number of fused-ring (bicyclic) bond motifs is 1. The predicted octanol–water partition coefficient (Wildman–Crippen LogP) is 4.56. The highest BCUT2D eigenvalue weighted by Crippen LogP contribution is 2.36. The van der Waals surface area contributed by atoms with E-state index in [1.54, 1.807) is 6.20 Å². The van der Waals surface area contributed by atoms with Crippen LogP contribution in [0.4, 0.5) is 18.9 Å². The Morgan fingerprint density at radius 3 is 2.62 bits per heavy atom. The third-order valence-electron chi connectivity index (χ3n) is 5.20. The molecular formula is C23H23F3N6O2. The molecule has 0 fully saturated rings.